The fourth-order valence-electron chi connectivity index (χ4n) is 2.53. The third kappa shape index (κ3) is 2.70. The first-order chi connectivity index (χ1) is 8.64. The molecule has 0 aromatic carbocycles. The molecule has 1 atom stereocenters. The number of nitrogens with zero attached hydrogens (tertiary/aromatic N) is 2. The molecule has 2 heterocycles. The molecule has 0 aliphatic carbocycles. The molecule has 2 rings (SSSR count). The number of aromatic nitrogens is 2. The number of hydrogen-bond donors (Lipinski definition) is 2. The second kappa shape index (κ2) is 4.40. The zero-order valence-corrected chi connectivity index (χ0v) is 12.7. The van der Waals surface area contributed by atoms with Crippen molar-refractivity contribution in [2.45, 2.75) is 38.6 Å². The van der Waals surface area contributed by atoms with E-state index in [9.17, 15) is 8.42 Å². The van der Waals surface area contributed by atoms with Crippen molar-refractivity contribution in [3.05, 3.63) is 5.69 Å². The highest BCUT2D eigenvalue weighted by Gasteiger charge is 2.39. The topological polar surface area (TPSA) is 90.0 Å². The second-order valence-corrected chi connectivity index (χ2v) is 8.14. The molecule has 6 nitrogen and oxygen atoms in total. The summed E-state index contributed by atoms with van der Waals surface area (Å²) in [5, 5.41) is 7.68. The molecule has 1 aliphatic heterocycles. The largest absolute Gasteiger partial charge is 0.394 e. The molecular weight excluding hydrogens is 264 g/mol. The lowest BCUT2D eigenvalue weighted by atomic mass is 10.0. The van der Waals surface area contributed by atoms with Gasteiger partial charge in [0.25, 0.3) is 0 Å². The minimum absolute atomic E-state index is 0.141. The maximum Gasteiger partial charge on any atom is 0.152 e. The van der Waals surface area contributed by atoms with Crippen LogP contribution in [0.15, 0.2) is 0 Å². The van der Waals surface area contributed by atoms with Gasteiger partial charge in [0.15, 0.2) is 9.84 Å². The summed E-state index contributed by atoms with van der Waals surface area (Å²) in [5.74, 6) is 1.32. The van der Waals surface area contributed by atoms with Gasteiger partial charge in [-0.15, -0.1) is 0 Å². The SMILES string of the molecule is CC(C)c1nn(C)c(NC2(C)CCS(=O)(=O)C2)c1N. The Morgan fingerprint density at radius 2 is 2.11 bits per heavy atom. The van der Waals surface area contributed by atoms with Crippen molar-refractivity contribution in [1.29, 1.82) is 0 Å². The van der Waals surface area contributed by atoms with Crippen LogP contribution in [0.3, 0.4) is 0 Å². The molecule has 3 N–H and O–H groups in total. The number of aryl methyl sites for hydroxylation is 1. The van der Waals surface area contributed by atoms with Gasteiger partial charge in [-0.05, 0) is 19.3 Å². The van der Waals surface area contributed by atoms with Crippen LogP contribution < -0.4 is 11.1 Å². The Balaban J connectivity index is 2.30. The summed E-state index contributed by atoms with van der Waals surface area (Å²) < 4.78 is 24.9. The monoisotopic (exact) mass is 286 g/mol. The van der Waals surface area contributed by atoms with Crippen molar-refractivity contribution in [2.24, 2.45) is 7.05 Å². The Kier molecular flexibility index (Phi) is 3.28. The number of hydrogen-bond acceptors (Lipinski definition) is 5. The van der Waals surface area contributed by atoms with Crippen LogP contribution in [0.4, 0.5) is 11.5 Å². The Morgan fingerprint density at radius 3 is 2.53 bits per heavy atom. The molecule has 1 fully saturated rings. The van der Waals surface area contributed by atoms with Crippen LogP contribution in [0.25, 0.3) is 0 Å². The summed E-state index contributed by atoms with van der Waals surface area (Å²) in [6.45, 7) is 5.98. The van der Waals surface area contributed by atoms with Gasteiger partial charge in [0, 0.05) is 7.05 Å². The van der Waals surface area contributed by atoms with Crippen molar-refractivity contribution in [3.8, 4) is 0 Å². The van der Waals surface area contributed by atoms with Gasteiger partial charge in [-0.3, -0.25) is 4.68 Å². The van der Waals surface area contributed by atoms with Gasteiger partial charge >= 0.3 is 0 Å². The van der Waals surface area contributed by atoms with Crippen LogP contribution in [0.2, 0.25) is 0 Å². The van der Waals surface area contributed by atoms with Crippen molar-refractivity contribution >= 4 is 21.3 Å². The standard InChI is InChI=1S/C12H22N4O2S/c1-8(2)10-9(13)11(16(4)15-10)14-12(3)5-6-19(17,18)7-12/h8,14H,5-7,13H2,1-4H3. The molecular formula is C12H22N4O2S. The average molecular weight is 286 g/mol. The number of sulfone groups is 1. The maximum atomic E-state index is 11.6. The summed E-state index contributed by atoms with van der Waals surface area (Å²) >= 11 is 0. The van der Waals surface area contributed by atoms with E-state index in [-0.39, 0.29) is 17.4 Å². The molecule has 0 spiro atoms. The van der Waals surface area contributed by atoms with Crippen LogP contribution in [0.1, 0.15) is 38.8 Å². The van der Waals surface area contributed by atoms with Crippen LogP contribution >= 0.6 is 0 Å². The molecule has 108 valence electrons. The van der Waals surface area contributed by atoms with Crippen molar-refractivity contribution in [1.82, 2.24) is 9.78 Å². The third-order valence-corrected chi connectivity index (χ3v) is 5.49. The lowest BCUT2D eigenvalue weighted by Gasteiger charge is -2.25. The Bertz CT molecular complexity index is 591. The van der Waals surface area contributed by atoms with Crippen LogP contribution in [-0.2, 0) is 16.9 Å². The normalized spacial score (nSPS) is 25.9. The first kappa shape index (κ1) is 14.2. The molecule has 1 aromatic rings. The third-order valence-electron chi connectivity index (χ3n) is 3.58. The number of rotatable bonds is 3. The van der Waals surface area contributed by atoms with Crippen LogP contribution in [0.5, 0.6) is 0 Å². The van der Waals surface area contributed by atoms with Gasteiger partial charge in [0.2, 0.25) is 0 Å². The van der Waals surface area contributed by atoms with Crippen molar-refractivity contribution in [2.75, 3.05) is 22.6 Å². The van der Waals surface area contributed by atoms with E-state index in [1.165, 1.54) is 0 Å². The average Bonchev–Trinajstić information content (AvgIpc) is 2.69. The number of nitrogen functional groups attached to an aromatic ring is 1. The molecule has 0 bridgehead atoms. The van der Waals surface area contributed by atoms with E-state index in [1.807, 2.05) is 27.8 Å². The predicted molar refractivity (Wildman–Crippen MR) is 77.0 cm³/mol. The van der Waals surface area contributed by atoms with Crippen LogP contribution in [0, 0.1) is 0 Å². The van der Waals surface area contributed by atoms with Gasteiger partial charge in [0.1, 0.15) is 5.82 Å². The lowest BCUT2D eigenvalue weighted by molar-refractivity contribution is 0.565. The zero-order valence-electron chi connectivity index (χ0n) is 11.9. The Morgan fingerprint density at radius 1 is 1.47 bits per heavy atom. The van der Waals surface area contributed by atoms with E-state index in [2.05, 4.69) is 10.4 Å². The Hall–Kier alpha value is -1.24. The lowest BCUT2D eigenvalue weighted by Crippen LogP contribution is -2.37. The summed E-state index contributed by atoms with van der Waals surface area (Å²) in [4.78, 5) is 0. The van der Waals surface area contributed by atoms with Gasteiger partial charge in [-0.2, -0.15) is 5.10 Å². The summed E-state index contributed by atoms with van der Waals surface area (Å²) in [5.41, 5.74) is 7.11. The van der Waals surface area contributed by atoms with E-state index in [1.54, 1.807) is 4.68 Å². The fourth-order valence-corrected chi connectivity index (χ4v) is 4.62. The van der Waals surface area contributed by atoms with E-state index < -0.39 is 15.4 Å². The molecule has 1 saturated heterocycles. The van der Waals surface area contributed by atoms with Gasteiger partial charge in [-0.1, -0.05) is 13.8 Å². The van der Waals surface area contributed by atoms with E-state index in [4.69, 9.17) is 5.73 Å². The predicted octanol–water partition coefficient (Wildman–Crippen LogP) is 1.11. The number of nitrogens with two attached hydrogens (primary N) is 1. The summed E-state index contributed by atoms with van der Waals surface area (Å²) in [6.07, 6.45) is 0.594. The minimum atomic E-state index is -2.94. The smallest absolute Gasteiger partial charge is 0.152 e. The fraction of sp³-hybridized carbons (Fsp3) is 0.750. The van der Waals surface area contributed by atoms with Crippen molar-refractivity contribution in [3.63, 3.8) is 0 Å². The van der Waals surface area contributed by atoms with Gasteiger partial charge in [-0.25, -0.2) is 8.42 Å². The molecule has 19 heavy (non-hydrogen) atoms. The quantitative estimate of drug-likeness (QED) is 0.869. The van der Waals surface area contributed by atoms with E-state index >= 15 is 0 Å². The molecule has 0 amide bonds. The molecule has 7 heteroatoms. The Labute approximate surface area is 114 Å². The number of nitrogens with one attached hydrogen (secondary N) is 1. The first-order valence-electron chi connectivity index (χ1n) is 6.44. The molecule has 1 aliphatic rings. The van der Waals surface area contributed by atoms with E-state index in [0.29, 0.717) is 17.9 Å². The van der Waals surface area contributed by atoms with Crippen LogP contribution in [-0.4, -0.2) is 35.2 Å². The highest BCUT2D eigenvalue weighted by Crippen LogP contribution is 2.33. The van der Waals surface area contributed by atoms with Gasteiger partial charge < -0.3 is 11.1 Å². The number of anilines is 2. The first-order valence-corrected chi connectivity index (χ1v) is 8.27. The highest BCUT2D eigenvalue weighted by molar-refractivity contribution is 7.91. The van der Waals surface area contributed by atoms with E-state index in [0.717, 1.165) is 5.69 Å². The second-order valence-electron chi connectivity index (χ2n) is 5.95. The molecule has 1 unspecified atom stereocenters. The van der Waals surface area contributed by atoms with Crippen molar-refractivity contribution < 1.29 is 8.42 Å². The van der Waals surface area contributed by atoms with Gasteiger partial charge in [0.05, 0.1) is 28.4 Å². The zero-order chi connectivity index (χ0) is 14.4. The minimum Gasteiger partial charge on any atom is -0.394 e. The molecule has 0 saturated carbocycles. The summed E-state index contributed by atoms with van der Waals surface area (Å²) in [7, 11) is -1.13. The maximum absolute atomic E-state index is 11.6. The molecule has 0 radical (unpaired) electrons. The molecule has 1 aromatic heterocycles. The highest BCUT2D eigenvalue weighted by atomic mass is 32.2. The summed E-state index contributed by atoms with van der Waals surface area (Å²) in [6, 6.07) is 0.